The summed E-state index contributed by atoms with van der Waals surface area (Å²) in [4.78, 5) is 23.2. The van der Waals surface area contributed by atoms with Gasteiger partial charge in [0.25, 0.3) is 0 Å². The number of likely N-dealkylation sites (tertiary alicyclic amines) is 1. The number of halogens is 1. The zero-order valence-corrected chi connectivity index (χ0v) is 9.15. The van der Waals surface area contributed by atoms with Crippen molar-refractivity contribution in [3.8, 4) is 0 Å². The molecule has 0 saturated carbocycles. The maximum atomic E-state index is 11.3. The van der Waals surface area contributed by atoms with Crippen LogP contribution in [0.15, 0.2) is 24.3 Å². The van der Waals surface area contributed by atoms with Crippen LogP contribution in [0.4, 0.5) is 0 Å². The summed E-state index contributed by atoms with van der Waals surface area (Å²) < 4.78 is 0. The van der Waals surface area contributed by atoms with Gasteiger partial charge in [-0.05, 0) is 11.6 Å². The van der Waals surface area contributed by atoms with Crippen LogP contribution in [0.5, 0.6) is 0 Å². The Balaban J connectivity index is 2.20. The van der Waals surface area contributed by atoms with E-state index in [1.807, 2.05) is 12.1 Å². The Labute approximate surface area is 97.4 Å². The number of hydrogen-bond donors (Lipinski definition) is 1. The van der Waals surface area contributed by atoms with Crippen molar-refractivity contribution in [2.24, 2.45) is 0 Å². The minimum Gasteiger partial charge on any atom is -0.480 e. The number of rotatable bonds is 3. The van der Waals surface area contributed by atoms with Crippen molar-refractivity contribution < 1.29 is 14.7 Å². The van der Waals surface area contributed by atoms with Crippen LogP contribution in [0.3, 0.4) is 0 Å². The Morgan fingerprint density at radius 3 is 2.75 bits per heavy atom. The number of amides is 1. The van der Waals surface area contributed by atoms with Gasteiger partial charge in [-0.25, -0.2) is 0 Å². The maximum Gasteiger partial charge on any atom is 0.323 e. The Kier molecular flexibility index (Phi) is 2.83. The minimum absolute atomic E-state index is 0.146. The number of carboxylic acids is 1. The molecule has 1 aromatic rings. The van der Waals surface area contributed by atoms with E-state index in [1.165, 1.54) is 4.90 Å². The molecule has 0 spiro atoms. The molecule has 0 aliphatic carbocycles. The van der Waals surface area contributed by atoms with E-state index in [9.17, 15) is 9.59 Å². The fourth-order valence-corrected chi connectivity index (χ4v) is 2.08. The molecule has 1 N–H and O–H groups in total. The first kappa shape index (κ1) is 11.0. The fraction of sp³-hybridized carbons (Fsp3) is 0.273. The summed E-state index contributed by atoms with van der Waals surface area (Å²) in [6, 6.07) is 6.97. The van der Waals surface area contributed by atoms with Gasteiger partial charge in [0.15, 0.2) is 0 Å². The lowest BCUT2D eigenvalue weighted by Gasteiger charge is -2.39. The second kappa shape index (κ2) is 4.14. The summed E-state index contributed by atoms with van der Waals surface area (Å²) in [6.07, 6.45) is 0.330. The summed E-state index contributed by atoms with van der Waals surface area (Å²) >= 11 is 6.00. The van der Waals surface area contributed by atoms with Crippen LogP contribution in [-0.4, -0.2) is 28.4 Å². The highest BCUT2D eigenvalue weighted by atomic mass is 35.5. The molecule has 1 aromatic carbocycles. The molecule has 4 nitrogen and oxygen atoms in total. The van der Waals surface area contributed by atoms with Crippen molar-refractivity contribution >= 4 is 23.5 Å². The first-order valence-corrected chi connectivity index (χ1v) is 5.23. The molecule has 1 saturated heterocycles. The van der Waals surface area contributed by atoms with E-state index in [1.54, 1.807) is 12.1 Å². The number of carboxylic acid groups (broad SMARTS) is 1. The number of aliphatic carboxylic acids is 1. The average molecular weight is 240 g/mol. The summed E-state index contributed by atoms with van der Waals surface area (Å²) in [7, 11) is 0. The van der Waals surface area contributed by atoms with Gasteiger partial charge < -0.3 is 10.0 Å². The summed E-state index contributed by atoms with van der Waals surface area (Å²) in [5, 5.41) is 9.24. The predicted molar refractivity (Wildman–Crippen MR) is 58.2 cm³/mol. The van der Waals surface area contributed by atoms with E-state index in [0.717, 1.165) is 5.56 Å². The van der Waals surface area contributed by atoms with Gasteiger partial charge in [0.2, 0.25) is 5.91 Å². The summed E-state index contributed by atoms with van der Waals surface area (Å²) in [5.41, 5.74) is 0.810. The molecular weight excluding hydrogens is 230 g/mol. The zero-order chi connectivity index (χ0) is 11.7. The molecule has 1 heterocycles. The number of carbonyl (C=O) groups is 2. The highest BCUT2D eigenvalue weighted by molar-refractivity contribution is 6.31. The van der Waals surface area contributed by atoms with Crippen LogP contribution >= 0.6 is 11.6 Å². The van der Waals surface area contributed by atoms with Crippen molar-refractivity contribution in [2.45, 2.75) is 12.5 Å². The van der Waals surface area contributed by atoms with Crippen LogP contribution in [-0.2, 0) is 9.59 Å². The van der Waals surface area contributed by atoms with Crippen LogP contribution in [0, 0.1) is 0 Å². The third kappa shape index (κ3) is 1.88. The van der Waals surface area contributed by atoms with Crippen LogP contribution in [0.25, 0.3) is 0 Å². The number of benzene rings is 1. The molecule has 1 aliphatic rings. The molecule has 1 atom stereocenters. The third-order valence-electron chi connectivity index (χ3n) is 2.63. The van der Waals surface area contributed by atoms with Crippen LogP contribution < -0.4 is 0 Å². The summed E-state index contributed by atoms with van der Waals surface area (Å²) in [5.74, 6) is -1.16. The number of hydrogen-bond acceptors (Lipinski definition) is 2. The molecule has 5 heteroatoms. The molecule has 2 rings (SSSR count). The first-order chi connectivity index (χ1) is 7.59. The lowest BCUT2D eigenvalue weighted by molar-refractivity contribution is -0.155. The summed E-state index contributed by atoms with van der Waals surface area (Å²) in [6.45, 7) is -0.269. The lowest BCUT2D eigenvalue weighted by atomic mass is 9.94. The van der Waals surface area contributed by atoms with Crippen LogP contribution in [0.1, 0.15) is 18.0 Å². The van der Waals surface area contributed by atoms with E-state index in [2.05, 4.69) is 0 Å². The largest absolute Gasteiger partial charge is 0.480 e. The average Bonchev–Trinajstić information content (AvgIpc) is 2.24. The van der Waals surface area contributed by atoms with Gasteiger partial charge in [-0.3, -0.25) is 9.59 Å². The molecule has 1 aliphatic heterocycles. The molecule has 0 aromatic heterocycles. The quantitative estimate of drug-likeness (QED) is 0.817. The lowest BCUT2D eigenvalue weighted by Crippen LogP contribution is -2.48. The fourth-order valence-electron chi connectivity index (χ4n) is 1.82. The van der Waals surface area contributed by atoms with Gasteiger partial charge in [0.05, 0.1) is 12.5 Å². The van der Waals surface area contributed by atoms with E-state index >= 15 is 0 Å². The second-order valence-electron chi connectivity index (χ2n) is 3.66. The highest BCUT2D eigenvalue weighted by Gasteiger charge is 2.38. The van der Waals surface area contributed by atoms with E-state index in [0.29, 0.717) is 11.4 Å². The Hall–Kier alpha value is -1.55. The van der Waals surface area contributed by atoms with Crippen molar-refractivity contribution in [3.05, 3.63) is 34.9 Å². The molecule has 0 radical (unpaired) electrons. The Bertz CT molecular complexity index is 447. The highest BCUT2D eigenvalue weighted by Crippen LogP contribution is 2.37. The van der Waals surface area contributed by atoms with Gasteiger partial charge in [-0.1, -0.05) is 29.8 Å². The number of carbonyl (C=O) groups excluding carboxylic acids is 1. The van der Waals surface area contributed by atoms with Crippen LogP contribution in [0.2, 0.25) is 5.02 Å². The normalized spacial score (nSPS) is 19.4. The van der Waals surface area contributed by atoms with E-state index in [-0.39, 0.29) is 18.5 Å². The minimum atomic E-state index is -1.01. The molecule has 16 heavy (non-hydrogen) atoms. The third-order valence-corrected chi connectivity index (χ3v) is 2.98. The van der Waals surface area contributed by atoms with Gasteiger partial charge in [0.1, 0.15) is 6.54 Å². The first-order valence-electron chi connectivity index (χ1n) is 4.85. The van der Waals surface area contributed by atoms with Crippen molar-refractivity contribution in [1.82, 2.24) is 4.90 Å². The monoisotopic (exact) mass is 239 g/mol. The molecular formula is C11H10ClNO3. The van der Waals surface area contributed by atoms with Crippen molar-refractivity contribution in [2.75, 3.05) is 6.54 Å². The van der Waals surface area contributed by atoms with E-state index in [4.69, 9.17) is 16.7 Å². The van der Waals surface area contributed by atoms with Crippen molar-refractivity contribution in [1.29, 1.82) is 0 Å². The predicted octanol–water partition coefficient (Wildman–Crippen LogP) is 1.70. The van der Waals surface area contributed by atoms with Crippen molar-refractivity contribution in [3.63, 3.8) is 0 Å². The topological polar surface area (TPSA) is 57.6 Å². The van der Waals surface area contributed by atoms with Gasteiger partial charge in [0, 0.05) is 5.02 Å². The molecule has 1 fully saturated rings. The Morgan fingerprint density at radius 2 is 2.19 bits per heavy atom. The van der Waals surface area contributed by atoms with Gasteiger partial charge >= 0.3 is 5.97 Å². The SMILES string of the molecule is O=C(O)CN1C(=O)CC1c1ccccc1Cl. The molecule has 84 valence electrons. The van der Waals surface area contributed by atoms with Gasteiger partial charge in [-0.15, -0.1) is 0 Å². The molecule has 1 amide bonds. The zero-order valence-electron chi connectivity index (χ0n) is 8.39. The Morgan fingerprint density at radius 1 is 1.50 bits per heavy atom. The molecule has 1 unspecified atom stereocenters. The maximum absolute atomic E-state index is 11.3. The number of nitrogens with zero attached hydrogens (tertiary/aromatic N) is 1. The second-order valence-corrected chi connectivity index (χ2v) is 4.06. The molecule has 0 bridgehead atoms. The standard InChI is InChI=1S/C11H10ClNO3/c12-8-4-2-1-3-7(8)9-5-10(14)13(9)6-11(15)16/h1-4,9H,5-6H2,(H,15,16). The van der Waals surface area contributed by atoms with E-state index < -0.39 is 5.97 Å². The number of β-lactam (4-membered cyclic amide) rings is 1. The smallest absolute Gasteiger partial charge is 0.323 e. The van der Waals surface area contributed by atoms with Gasteiger partial charge in [-0.2, -0.15) is 0 Å².